The van der Waals surface area contributed by atoms with Gasteiger partial charge in [0.2, 0.25) is 0 Å². The van der Waals surface area contributed by atoms with Gasteiger partial charge in [-0.05, 0) is 46.0 Å². The number of hydroxylamine groups is 2. The van der Waals surface area contributed by atoms with Crippen molar-refractivity contribution in [2.45, 2.75) is 207 Å². The molecule has 2 rings (SSSR count). The Labute approximate surface area is 283 Å². The van der Waals surface area contributed by atoms with Crippen LogP contribution >= 0.6 is 0 Å². The van der Waals surface area contributed by atoms with Gasteiger partial charge in [0.05, 0.1) is 29.7 Å². The number of hydrogen-bond donors (Lipinski definition) is 0. The van der Waals surface area contributed by atoms with Gasteiger partial charge < -0.3 is 19.0 Å². The number of piperidine rings is 1. The predicted octanol–water partition coefficient (Wildman–Crippen LogP) is 10.5. The van der Waals surface area contributed by atoms with Crippen LogP contribution in [0.5, 0.6) is 0 Å². The molecule has 2 aliphatic heterocycles. The van der Waals surface area contributed by atoms with Crippen molar-refractivity contribution in [3.63, 3.8) is 0 Å². The van der Waals surface area contributed by atoms with Gasteiger partial charge >= 0.3 is 11.9 Å². The molecular formula is C39H73NO6. The van der Waals surface area contributed by atoms with E-state index in [2.05, 4.69) is 55.4 Å². The molecule has 0 amide bonds. The minimum absolute atomic E-state index is 0.0410. The van der Waals surface area contributed by atoms with E-state index in [9.17, 15) is 9.59 Å². The lowest BCUT2D eigenvalue weighted by Gasteiger charge is -2.63. The third-order valence-electron chi connectivity index (χ3n) is 11.4. The van der Waals surface area contributed by atoms with Gasteiger partial charge in [0.1, 0.15) is 6.61 Å². The summed E-state index contributed by atoms with van der Waals surface area (Å²) in [6.07, 6.45) is 21.4. The molecule has 0 aromatic rings. The lowest BCUT2D eigenvalue weighted by Crippen LogP contribution is -2.74. The number of carbonyl (C=O) groups excluding carboxylic acids is 2. The van der Waals surface area contributed by atoms with Crippen LogP contribution in [-0.4, -0.2) is 53.7 Å². The van der Waals surface area contributed by atoms with E-state index in [0.29, 0.717) is 39.1 Å². The molecule has 2 aliphatic rings. The highest BCUT2D eigenvalue weighted by molar-refractivity contribution is 5.69. The molecule has 3 atom stereocenters. The summed E-state index contributed by atoms with van der Waals surface area (Å²) in [4.78, 5) is 32.2. The van der Waals surface area contributed by atoms with E-state index in [0.717, 1.165) is 51.4 Å². The maximum Gasteiger partial charge on any atom is 0.325 e. The van der Waals surface area contributed by atoms with E-state index in [-0.39, 0.29) is 23.3 Å². The van der Waals surface area contributed by atoms with Crippen LogP contribution in [0.25, 0.3) is 0 Å². The SMILES string of the molecule is CCCCCCCCCC(=O)OCC1(CC)COC2(CC(C)(CC)N(OC(=O)CCCCCCCCC)C(C)(CCC)C2C)OC1. The van der Waals surface area contributed by atoms with Crippen LogP contribution in [0.2, 0.25) is 0 Å². The van der Waals surface area contributed by atoms with Crippen LogP contribution in [-0.2, 0) is 28.6 Å². The lowest BCUT2D eigenvalue weighted by molar-refractivity contribution is -0.403. The van der Waals surface area contributed by atoms with Crippen molar-refractivity contribution in [3.05, 3.63) is 0 Å². The molecule has 7 nitrogen and oxygen atoms in total. The van der Waals surface area contributed by atoms with Crippen molar-refractivity contribution in [3.8, 4) is 0 Å². The summed E-state index contributed by atoms with van der Waals surface area (Å²) >= 11 is 0. The maximum absolute atomic E-state index is 13.2. The third kappa shape index (κ3) is 11.5. The molecule has 1 spiro atoms. The van der Waals surface area contributed by atoms with Gasteiger partial charge in [0.15, 0.2) is 5.79 Å². The Morgan fingerprint density at radius 3 is 1.67 bits per heavy atom. The number of esters is 1. The van der Waals surface area contributed by atoms with E-state index in [4.69, 9.17) is 19.0 Å². The first-order valence-corrected chi connectivity index (χ1v) is 19.4. The highest BCUT2D eigenvalue weighted by Crippen LogP contribution is 2.55. The zero-order valence-corrected chi connectivity index (χ0v) is 31.4. The molecular weight excluding hydrogens is 578 g/mol. The Balaban J connectivity index is 2.02. The molecule has 46 heavy (non-hydrogen) atoms. The number of carbonyl (C=O) groups is 2. The predicted molar refractivity (Wildman–Crippen MR) is 187 cm³/mol. The number of ether oxygens (including phenoxy) is 3. The highest BCUT2D eigenvalue weighted by atomic mass is 16.7. The Bertz CT molecular complexity index is 871. The molecule has 7 heteroatoms. The van der Waals surface area contributed by atoms with E-state index in [1.165, 1.54) is 64.2 Å². The first kappa shape index (κ1) is 41.0. The summed E-state index contributed by atoms with van der Waals surface area (Å²) in [5.41, 5.74) is -1.26. The first-order chi connectivity index (χ1) is 22.0. The van der Waals surface area contributed by atoms with Crippen LogP contribution in [0.1, 0.15) is 190 Å². The number of hydrogen-bond acceptors (Lipinski definition) is 7. The zero-order valence-electron chi connectivity index (χ0n) is 31.4. The van der Waals surface area contributed by atoms with Crippen LogP contribution < -0.4 is 0 Å². The van der Waals surface area contributed by atoms with Crippen molar-refractivity contribution in [1.82, 2.24) is 5.06 Å². The molecule has 270 valence electrons. The maximum atomic E-state index is 13.2. The van der Waals surface area contributed by atoms with Gasteiger partial charge in [-0.25, -0.2) is 0 Å². The number of unbranched alkanes of at least 4 members (excludes halogenated alkanes) is 12. The fraction of sp³-hybridized carbons (Fsp3) is 0.949. The summed E-state index contributed by atoms with van der Waals surface area (Å²) in [7, 11) is 0. The minimum Gasteiger partial charge on any atom is -0.465 e. The topological polar surface area (TPSA) is 74.3 Å². The second kappa shape index (κ2) is 20.4. The summed E-state index contributed by atoms with van der Waals surface area (Å²) in [6, 6.07) is 0. The summed E-state index contributed by atoms with van der Waals surface area (Å²) in [5.74, 6) is -1.08. The standard InChI is InChI=1S/C39H73NO6/c1-9-14-16-18-20-22-24-26-34(41)43-30-38(13-5)31-44-39(45-32-38)29-36(7,12-4)40(37(8,28-11-3)33(39)6)46-35(42)27-25-23-21-19-17-15-10-2/h33H,9-32H2,1-8H3. The molecule has 2 heterocycles. The second-order valence-corrected chi connectivity index (χ2v) is 15.3. The Morgan fingerprint density at radius 1 is 0.696 bits per heavy atom. The third-order valence-corrected chi connectivity index (χ3v) is 11.4. The monoisotopic (exact) mass is 652 g/mol. The second-order valence-electron chi connectivity index (χ2n) is 15.3. The number of nitrogens with zero attached hydrogens (tertiary/aromatic N) is 1. The van der Waals surface area contributed by atoms with Crippen molar-refractivity contribution in [1.29, 1.82) is 0 Å². The summed E-state index contributed by atoms with van der Waals surface area (Å²) in [5, 5.41) is 2.04. The van der Waals surface area contributed by atoms with Gasteiger partial charge in [0.25, 0.3) is 0 Å². The van der Waals surface area contributed by atoms with E-state index >= 15 is 0 Å². The van der Waals surface area contributed by atoms with Crippen molar-refractivity contribution < 1.29 is 28.6 Å². The Morgan fingerprint density at radius 2 is 1.20 bits per heavy atom. The van der Waals surface area contributed by atoms with Crippen LogP contribution in [0, 0.1) is 11.3 Å². The fourth-order valence-corrected chi connectivity index (χ4v) is 7.61. The van der Waals surface area contributed by atoms with Crippen molar-refractivity contribution in [2.75, 3.05) is 19.8 Å². The molecule has 2 saturated heterocycles. The fourth-order valence-electron chi connectivity index (χ4n) is 7.61. The van der Waals surface area contributed by atoms with Crippen LogP contribution in [0.4, 0.5) is 0 Å². The van der Waals surface area contributed by atoms with Crippen molar-refractivity contribution >= 4 is 11.9 Å². The van der Waals surface area contributed by atoms with E-state index in [1.54, 1.807) is 0 Å². The average Bonchev–Trinajstić information content (AvgIpc) is 3.05. The van der Waals surface area contributed by atoms with Gasteiger partial charge in [-0.15, -0.1) is 5.06 Å². The molecule has 0 aromatic carbocycles. The molecule has 0 N–H and O–H groups in total. The van der Waals surface area contributed by atoms with Crippen LogP contribution in [0.3, 0.4) is 0 Å². The average molecular weight is 652 g/mol. The summed E-state index contributed by atoms with van der Waals surface area (Å²) in [6.45, 7) is 18.8. The first-order valence-electron chi connectivity index (χ1n) is 19.4. The normalized spacial score (nSPS) is 30.0. The molecule has 3 unspecified atom stereocenters. The molecule has 2 fully saturated rings. The van der Waals surface area contributed by atoms with Gasteiger partial charge in [-0.3, -0.25) is 9.59 Å². The molecule has 0 bridgehead atoms. The van der Waals surface area contributed by atoms with E-state index < -0.39 is 16.9 Å². The largest absolute Gasteiger partial charge is 0.465 e. The van der Waals surface area contributed by atoms with Gasteiger partial charge in [-0.1, -0.05) is 125 Å². The Hall–Kier alpha value is -1.18. The number of rotatable bonds is 23. The molecule has 0 radical (unpaired) electrons. The zero-order chi connectivity index (χ0) is 34.1. The molecule has 0 aliphatic carbocycles. The van der Waals surface area contributed by atoms with Crippen molar-refractivity contribution in [2.24, 2.45) is 11.3 Å². The highest BCUT2D eigenvalue weighted by Gasteiger charge is 2.64. The van der Waals surface area contributed by atoms with Crippen LogP contribution in [0.15, 0.2) is 0 Å². The molecule has 0 aromatic heterocycles. The molecule has 0 saturated carbocycles. The smallest absolute Gasteiger partial charge is 0.325 e. The van der Waals surface area contributed by atoms with Gasteiger partial charge in [-0.2, -0.15) is 0 Å². The lowest BCUT2D eigenvalue weighted by atomic mass is 9.66. The quantitative estimate of drug-likeness (QED) is 0.0804. The minimum atomic E-state index is -0.795. The Kier molecular flexibility index (Phi) is 18.1. The van der Waals surface area contributed by atoms with Gasteiger partial charge in [0, 0.05) is 25.2 Å². The van der Waals surface area contributed by atoms with E-state index in [1.807, 2.05) is 5.06 Å². The summed E-state index contributed by atoms with van der Waals surface area (Å²) < 4.78 is 19.5.